The van der Waals surface area contributed by atoms with Gasteiger partial charge in [0, 0.05) is 32.9 Å². The molecule has 0 amide bonds. The lowest BCUT2D eigenvalue weighted by Gasteiger charge is -2.27. The zero-order valence-electron chi connectivity index (χ0n) is 14.9. The van der Waals surface area contributed by atoms with Gasteiger partial charge in [-0.05, 0) is 38.5 Å². The van der Waals surface area contributed by atoms with Gasteiger partial charge in [-0.1, -0.05) is 6.58 Å². The third-order valence-corrected chi connectivity index (χ3v) is 7.58. The van der Waals surface area contributed by atoms with E-state index in [0.29, 0.717) is 28.3 Å². The van der Waals surface area contributed by atoms with Crippen LogP contribution in [-0.4, -0.2) is 58.8 Å². The number of ether oxygens (including phenoxy) is 1. The molecule has 0 aromatic heterocycles. The van der Waals surface area contributed by atoms with E-state index < -0.39 is 8.80 Å². The lowest BCUT2D eigenvalue weighted by atomic mass is 9.88. The molecule has 1 heterocycles. The first-order valence-electron chi connectivity index (χ1n) is 7.96. The van der Waals surface area contributed by atoms with Gasteiger partial charge in [-0.2, -0.15) is 0 Å². The smallest absolute Gasteiger partial charge is 0.500 e. The van der Waals surface area contributed by atoms with Gasteiger partial charge in [0.05, 0.1) is 12.2 Å². The van der Waals surface area contributed by atoms with Gasteiger partial charge < -0.3 is 22.4 Å². The quantitative estimate of drug-likeness (QED) is 0.385. The van der Waals surface area contributed by atoms with E-state index in [1.807, 2.05) is 0 Å². The fourth-order valence-corrected chi connectivity index (χ4v) is 5.08. The van der Waals surface area contributed by atoms with Crippen molar-refractivity contribution in [2.45, 2.75) is 50.9 Å². The highest BCUT2D eigenvalue weighted by atomic mass is 28.4. The zero-order chi connectivity index (χ0) is 17.5. The first-order chi connectivity index (χ1) is 10.9. The largest absolute Gasteiger partial charge is 0.526 e. The predicted molar refractivity (Wildman–Crippen MR) is 93.1 cm³/mol. The van der Waals surface area contributed by atoms with Gasteiger partial charge in [0.2, 0.25) is 10.5 Å². The Morgan fingerprint density at radius 1 is 1.22 bits per heavy atom. The molecule has 3 unspecified atom stereocenters. The van der Waals surface area contributed by atoms with Crippen LogP contribution in [0.2, 0.25) is 6.04 Å². The number of rotatable bonds is 7. The zero-order valence-corrected chi connectivity index (χ0v) is 17.9. The van der Waals surface area contributed by atoms with Crippen LogP contribution in [0.5, 0.6) is 0 Å². The van der Waals surface area contributed by atoms with Gasteiger partial charge >= 0.3 is 14.8 Å². The second-order valence-corrected chi connectivity index (χ2v) is 9.50. The molecule has 1 aliphatic carbocycles. The first-order valence-corrected chi connectivity index (χ1v) is 10.7. The molecule has 0 bridgehead atoms. The standard InChI is InChI=1S/C11H22O4Si.C4H8O2Si/c1-12-16(13-2,14-3)7-6-9-4-5-10-11(8-9)15-10;1-3(2)4(5)6-7/h9-11H,4-8H2,1-3H3;1H2,2,7H3. The van der Waals surface area contributed by atoms with Crippen molar-refractivity contribution in [3.05, 3.63) is 12.2 Å². The highest BCUT2D eigenvalue weighted by Gasteiger charge is 2.45. The summed E-state index contributed by atoms with van der Waals surface area (Å²) in [5.74, 6) is 0.475. The third kappa shape index (κ3) is 6.48. The second-order valence-electron chi connectivity index (χ2n) is 6.00. The molecule has 23 heavy (non-hydrogen) atoms. The Morgan fingerprint density at radius 2 is 1.83 bits per heavy atom. The van der Waals surface area contributed by atoms with Gasteiger partial charge in [-0.25, -0.2) is 4.79 Å². The second kappa shape index (κ2) is 9.70. The van der Waals surface area contributed by atoms with Crippen molar-refractivity contribution in [3.63, 3.8) is 0 Å². The molecule has 3 atom stereocenters. The molecule has 134 valence electrons. The Morgan fingerprint density at radius 3 is 2.22 bits per heavy atom. The topological polar surface area (TPSA) is 66.5 Å². The van der Waals surface area contributed by atoms with Crippen molar-refractivity contribution < 1.29 is 27.2 Å². The van der Waals surface area contributed by atoms with Crippen molar-refractivity contribution in [2.75, 3.05) is 21.3 Å². The summed E-state index contributed by atoms with van der Waals surface area (Å²) in [5.41, 5.74) is 0.468. The van der Waals surface area contributed by atoms with Gasteiger partial charge in [-0.15, -0.1) is 0 Å². The number of carbonyl (C=O) groups excluding carboxylic acids is 1. The molecule has 0 radical (unpaired) electrons. The van der Waals surface area contributed by atoms with E-state index in [0.717, 1.165) is 18.4 Å². The van der Waals surface area contributed by atoms with Crippen molar-refractivity contribution >= 4 is 25.3 Å². The molecule has 8 heteroatoms. The average molecular weight is 363 g/mol. The summed E-state index contributed by atoms with van der Waals surface area (Å²) >= 11 is 0. The first kappa shape index (κ1) is 20.5. The number of fused-ring (bicyclic) bond motifs is 1. The van der Waals surface area contributed by atoms with E-state index in [1.54, 1.807) is 28.3 Å². The van der Waals surface area contributed by atoms with Crippen LogP contribution in [-0.2, 0) is 27.2 Å². The molecule has 1 saturated carbocycles. The van der Waals surface area contributed by atoms with Crippen LogP contribution in [0, 0.1) is 5.92 Å². The molecular formula is C15H30O6Si2. The Labute approximate surface area is 143 Å². The van der Waals surface area contributed by atoms with Crippen LogP contribution in [0.15, 0.2) is 12.2 Å². The number of carbonyl (C=O) groups is 1. The third-order valence-electron chi connectivity index (χ3n) is 4.44. The fraction of sp³-hybridized carbons (Fsp3) is 0.800. The summed E-state index contributed by atoms with van der Waals surface area (Å²) in [4.78, 5) is 10.2. The maximum Gasteiger partial charge on any atom is 0.500 e. The summed E-state index contributed by atoms with van der Waals surface area (Å²) < 4.78 is 26.2. The minimum atomic E-state index is -2.35. The summed E-state index contributed by atoms with van der Waals surface area (Å²) in [6, 6.07) is 0.915. The minimum absolute atomic E-state index is 0.285. The van der Waals surface area contributed by atoms with E-state index in [1.165, 1.54) is 19.3 Å². The van der Waals surface area contributed by atoms with Gasteiger partial charge in [-0.3, -0.25) is 0 Å². The van der Waals surface area contributed by atoms with Gasteiger partial charge in [0.25, 0.3) is 0 Å². The molecule has 6 nitrogen and oxygen atoms in total. The van der Waals surface area contributed by atoms with Crippen molar-refractivity contribution in [3.8, 4) is 0 Å². The van der Waals surface area contributed by atoms with Crippen LogP contribution in [0.25, 0.3) is 0 Å². The number of epoxide rings is 1. The Balaban J connectivity index is 0.000000322. The van der Waals surface area contributed by atoms with Crippen LogP contribution >= 0.6 is 0 Å². The molecule has 1 saturated heterocycles. The Kier molecular flexibility index (Phi) is 8.66. The molecule has 0 N–H and O–H groups in total. The molecular weight excluding hydrogens is 332 g/mol. The molecule has 1 aliphatic heterocycles. The molecule has 2 aliphatic rings. The fourth-order valence-electron chi connectivity index (χ4n) is 2.86. The minimum Gasteiger partial charge on any atom is -0.526 e. The van der Waals surface area contributed by atoms with Crippen molar-refractivity contribution in [1.82, 2.24) is 0 Å². The van der Waals surface area contributed by atoms with E-state index in [-0.39, 0.29) is 5.97 Å². The van der Waals surface area contributed by atoms with E-state index in [9.17, 15) is 4.79 Å². The lowest BCUT2D eigenvalue weighted by Crippen LogP contribution is -2.43. The SMILES string of the molecule is C=C(C)C(=O)O[SiH3].CO[Si](CCC1CCC2OC2C1)(OC)OC. The van der Waals surface area contributed by atoms with E-state index in [2.05, 4.69) is 11.0 Å². The maximum absolute atomic E-state index is 10.2. The van der Waals surface area contributed by atoms with Crippen LogP contribution in [0.4, 0.5) is 0 Å². The molecule has 0 aromatic rings. The maximum atomic E-state index is 10.2. The molecule has 2 fully saturated rings. The number of hydrogen-bond acceptors (Lipinski definition) is 6. The summed E-state index contributed by atoms with van der Waals surface area (Å²) in [7, 11) is 3.15. The molecule has 0 aromatic carbocycles. The summed E-state index contributed by atoms with van der Waals surface area (Å²) in [6.45, 7) is 5.00. The Bertz CT molecular complexity index is 391. The lowest BCUT2D eigenvalue weighted by molar-refractivity contribution is -0.129. The summed E-state index contributed by atoms with van der Waals surface area (Å²) in [5, 5.41) is 0. The van der Waals surface area contributed by atoms with E-state index in [4.69, 9.17) is 18.0 Å². The number of hydrogen-bond donors (Lipinski definition) is 0. The van der Waals surface area contributed by atoms with Crippen LogP contribution in [0.3, 0.4) is 0 Å². The van der Waals surface area contributed by atoms with Crippen LogP contribution < -0.4 is 0 Å². The average Bonchev–Trinajstić information content (AvgIpc) is 3.35. The predicted octanol–water partition coefficient (Wildman–Crippen LogP) is 1.21. The van der Waals surface area contributed by atoms with Gasteiger partial charge in [0.1, 0.15) is 0 Å². The van der Waals surface area contributed by atoms with Crippen LogP contribution in [0.1, 0.15) is 32.6 Å². The normalized spacial score (nSPS) is 25.8. The van der Waals surface area contributed by atoms with E-state index >= 15 is 0 Å². The van der Waals surface area contributed by atoms with Crippen molar-refractivity contribution in [2.24, 2.45) is 5.92 Å². The molecule has 2 rings (SSSR count). The highest BCUT2D eigenvalue weighted by molar-refractivity contribution is 6.60. The van der Waals surface area contributed by atoms with Gasteiger partial charge in [0.15, 0.2) is 0 Å². The highest BCUT2D eigenvalue weighted by Crippen LogP contribution is 2.41. The summed E-state index contributed by atoms with van der Waals surface area (Å²) in [6.07, 6.45) is 6.01. The van der Waals surface area contributed by atoms with Crippen molar-refractivity contribution in [1.29, 1.82) is 0 Å². The Hall–Kier alpha value is -0.516. The monoisotopic (exact) mass is 362 g/mol. The molecule has 0 spiro atoms.